The van der Waals surface area contributed by atoms with Gasteiger partial charge < -0.3 is 9.67 Å². The van der Waals surface area contributed by atoms with Crippen molar-refractivity contribution in [1.82, 2.24) is 4.57 Å². The molecule has 1 rings (SSSR count). The van der Waals surface area contributed by atoms with Gasteiger partial charge in [0.15, 0.2) is 0 Å². The van der Waals surface area contributed by atoms with E-state index in [-0.39, 0.29) is 6.54 Å². The van der Waals surface area contributed by atoms with Crippen molar-refractivity contribution in [3.05, 3.63) is 24.0 Å². The molecule has 1 aromatic rings. The average Bonchev–Trinajstić information content (AvgIpc) is 2.49. The summed E-state index contributed by atoms with van der Waals surface area (Å²) in [6.07, 6.45) is 0.729. The van der Waals surface area contributed by atoms with Crippen LogP contribution in [0, 0.1) is 0 Å². The fraction of sp³-hybridized carbons (Fsp3) is 0.500. The average molecular weight is 199 g/mol. The molecular formula is C10H14FNO2. The predicted molar refractivity (Wildman–Crippen MR) is 51.1 cm³/mol. The lowest BCUT2D eigenvalue weighted by Gasteiger charge is -2.12. The first-order valence-electron chi connectivity index (χ1n) is 4.54. The van der Waals surface area contributed by atoms with Gasteiger partial charge in [-0.2, -0.15) is 0 Å². The van der Waals surface area contributed by atoms with E-state index < -0.39 is 18.1 Å². The number of alkyl halides is 1. The lowest BCUT2D eigenvalue weighted by atomic mass is 10.1. The monoisotopic (exact) mass is 199 g/mol. The first-order chi connectivity index (χ1) is 6.52. The maximum Gasteiger partial charge on any atom is 0.312 e. The van der Waals surface area contributed by atoms with Gasteiger partial charge in [0.2, 0.25) is 0 Å². The van der Waals surface area contributed by atoms with Crippen LogP contribution in [0.25, 0.3) is 0 Å². The third-order valence-corrected chi connectivity index (χ3v) is 2.13. The minimum absolute atomic E-state index is 0.208. The number of carbonyl (C=O) groups is 1. The van der Waals surface area contributed by atoms with Crippen molar-refractivity contribution in [3.63, 3.8) is 0 Å². The van der Waals surface area contributed by atoms with Crippen molar-refractivity contribution in [3.8, 4) is 0 Å². The number of nitrogens with zero attached hydrogens (tertiary/aromatic N) is 1. The Labute approximate surface area is 82.2 Å². The topological polar surface area (TPSA) is 42.2 Å². The van der Waals surface area contributed by atoms with Gasteiger partial charge in [0.25, 0.3) is 0 Å². The lowest BCUT2D eigenvalue weighted by molar-refractivity contribution is -0.138. The molecule has 0 aromatic carbocycles. The Hall–Kier alpha value is -1.32. The van der Waals surface area contributed by atoms with Crippen LogP contribution in [0.2, 0.25) is 0 Å². The van der Waals surface area contributed by atoms with Crippen LogP contribution in [0.15, 0.2) is 18.3 Å². The molecule has 0 aliphatic rings. The number of hydrogen-bond donors (Lipinski definition) is 1. The van der Waals surface area contributed by atoms with E-state index in [9.17, 15) is 9.18 Å². The number of rotatable bonds is 4. The summed E-state index contributed by atoms with van der Waals surface area (Å²) < 4.78 is 14.4. The highest BCUT2D eigenvalue weighted by Crippen LogP contribution is 2.16. The van der Waals surface area contributed by atoms with Gasteiger partial charge in [-0.05, 0) is 26.0 Å². The van der Waals surface area contributed by atoms with Gasteiger partial charge in [0.05, 0.1) is 12.5 Å². The number of carboxylic acid groups (broad SMARTS) is 1. The molecule has 2 unspecified atom stereocenters. The van der Waals surface area contributed by atoms with E-state index >= 15 is 0 Å². The van der Waals surface area contributed by atoms with Gasteiger partial charge in [-0.1, -0.05) is 0 Å². The summed E-state index contributed by atoms with van der Waals surface area (Å²) in [5.74, 6) is -1.49. The van der Waals surface area contributed by atoms with Crippen LogP contribution in [0.3, 0.4) is 0 Å². The molecule has 1 N–H and O–H groups in total. The second-order valence-corrected chi connectivity index (χ2v) is 3.43. The summed E-state index contributed by atoms with van der Waals surface area (Å²) in [7, 11) is 0. The lowest BCUT2D eigenvalue weighted by Crippen LogP contribution is -2.15. The van der Waals surface area contributed by atoms with Crippen LogP contribution < -0.4 is 0 Å². The molecule has 0 aliphatic heterocycles. The van der Waals surface area contributed by atoms with Crippen LogP contribution in [0.5, 0.6) is 0 Å². The molecular weight excluding hydrogens is 185 g/mol. The second-order valence-electron chi connectivity index (χ2n) is 3.43. The van der Waals surface area contributed by atoms with Crippen molar-refractivity contribution in [2.24, 2.45) is 0 Å². The minimum Gasteiger partial charge on any atom is -0.481 e. The van der Waals surface area contributed by atoms with E-state index in [1.54, 1.807) is 29.8 Å². The largest absolute Gasteiger partial charge is 0.481 e. The fourth-order valence-electron chi connectivity index (χ4n) is 1.38. The molecule has 1 heterocycles. The van der Waals surface area contributed by atoms with Gasteiger partial charge >= 0.3 is 5.97 Å². The predicted octanol–water partition coefficient (Wildman–Crippen LogP) is 2.03. The highest BCUT2D eigenvalue weighted by Gasteiger charge is 2.17. The van der Waals surface area contributed by atoms with Gasteiger partial charge in [-0.15, -0.1) is 0 Å². The van der Waals surface area contributed by atoms with Crippen LogP contribution in [0.1, 0.15) is 25.5 Å². The molecule has 3 nitrogen and oxygen atoms in total. The van der Waals surface area contributed by atoms with Gasteiger partial charge in [-0.3, -0.25) is 4.79 Å². The van der Waals surface area contributed by atoms with E-state index in [4.69, 9.17) is 5.11 Å². The third-order valence-electron chi connectivity index (χ3n) is 2.13. The summed E-state index contributed by atoms with van der Waals surface area (Å²) >= 11 is 0. The molecule has 0 saturated heterocycles. The van der Waals surface area contributed by atoms with Gasteiger partial charge in [-0.25, -0.2) is 4.39 Å². The molecule has 0 amide bonds. The molecule has 2 atom stereocenters. The Morgan fingerprint density at radius 3 is 2.79 bits per heavy atom. The van der Waals surface area contributed by atoms with E-state index in [0.717, 1.165) is 0 Å². The SMILES string of the molecule is CC(F)Cn1cccc1C(C)C(=O)O. The van der Waals surface area contributed by atoms with Gasteiger partial charge in [0.1, 0.15) is 6.17 Å². The van der Waals surface area contributed by atoms with E-state index in [1.807, 2.05) is 0 Å². The Morgan fingerprint density at radius 1 is 1.64 bits per heavy atom. The van der Waals surface area contributed by atoms with E-state index in [0.29, 0.717) is 5.69 Å². The Bertz CT molecular complexity index is 320. The zero-order valence-corrected chi connectivity index (χ0v) is 8.27. The van der Waals surface area contributed by atoms with Crippen molar-refractivity contribution < 1.29 is 14.3 Å². The number of aliphatic carboxylic acids is 1. The molecule has 14 heavy (non-hydrogen) atoms. The van der Waals surface area contributed by atoms with Crippen molar-refractivity contribution in [1.29, 1.82) is 0 Å². The third kappa shape index (κ3) is 2.34. The Balaban J connectivity index is 2.86. The van der Waals surface area contributed by atoms with Crippen LogP contribution in [-0.2, 0) is 11.3 Å². The molecule has 0 spiro atoms. The number of halogens is 1. The van der Waals surface area contributed by atoms with Crippen LogP contribution in [-0.4, -0.2) is 21.8 Å². The summed E-state index contributed by atoms with van der Waals surface area (Å²) in [6, 6.07) is 3.44. The maximum atomic E-state index is 12.7. The van der Waals surface area contributed by atoms with Gasteiger partial charge in [0, 0.05) is 11.9 Å². The second kappa shape index (κ2) is 4.26. The molecule has 0 aliphatic carbocycles. The maximum absolute atomic E-state index is 12.7. The molecule has 78 valence electrons. The first-order valence-corrected chi connectivity index (χ1v) is 4.54. The summed E-state index contributed by atoms with van der Waals surface area (Å²) in [4.78, 5) is 10.7. The molecule has 4 heteroatoms. The standard InChI is InChI=1S/C10H14FNO2/c1-7(11)6-12-5-3-4-9(12)8(2)10(13)14/h3-5,7-8H,6H2,1-2H3,(H,13,14). The van der Waals surface area contributed by atoms with Crippen molar-refractivity contribution >= 4 is 5.97 Å². The van der Waals surface area contributed by atoms with Crippen LogP contribution in [0.4, 0.5) is 4.39 Å². The van der Waals surface area contributed by atoms with E-state index in [1.165, 1.54) is 6.92 Å². The number of aromatic nitrogens is 1. The summed E-state index contributed by atoms with van der Waals surface area (Å²) in [5, 5.41) is 8.81. The summed E-state index contributed by atoms with van der Waals surface area (Å²) in [5.41, 5.74) is 0.641. The summed E-state index contributed by atoms with van der Waals surface area (Å²) in [6.45, 7) is 3.26. The highest BCUT2D eigenvalue weighted by atomic mass is 19.1. The minimum atomic E-state index is -0.970. The quantitative estimate of drug-likeness (QED) is 0.806. The van der Waals surface area contributed by atoms with Crippen molar-refractivity contribution in [2.75, 3.05) is 0 Å². The van der Waals surface area contributed by atoms with Crippen molar-refractivity contribution in [2.45, 2.75) is 32.5 Å². The number of carboxylic acids is 1. The molecule has 1 aromatic heterocycles. The first kappa shape index (κ1) is 10.8. The molecule has 0 saturated carbocycles. The molecule has 0 radical (unpaired) electrons. The zero-order valence-electron chi connectivity index (χ0n) is 8.27. The molecule has 0 bridgehead atoms. The molecule has 0 fully saturated rings. The zero-order chi connectivity index (χ0) is 10.7. The Kier molecular flexibility index (Phi) is 3.28. The fourth-order valence-corrected chi connectivity index (χ4v) is 1.38. The number of hydrogen-bond acceptors (Lipinski definition) is 1. The normalized spacial score (nSPS) is 15.1. The highest BCUT2D eigenvalue weighted by molar-refractivity contribution is 5.74. The van der Waals surface area contributed by atoms with E-state index in [2.05, 4.69) is 0 Å². The van der Waals surface area contributed by atoms with Crippen LogP contribution >= 0.6 is 0 Å². The smallest absolute Gasteiger partial charge is 0.312 e. The Morgan fingerprint density at radius 2 is 2.29 bits per heavy atom.